The molecule has 0 bridgehead atoms. The van der Waals surface area contributed by atoms with E-state index in [1.54, 1.807) is 27.2 Å². The maximum Gasteiger partial charge on any atom is 0.219 e. The Hall–Kier alpha value is -3.55. The average Bonchev–Trinajstić information content (AvgIpc) is 3.80. The number of tetrazole rings is 2. The Morgan fingerprint density at radius 3 is 1.51 bits per heavy atom. The lowest BCUT2D eigenvalue weighted by atomic mass is 10.0. The van der Waals surface area contributed by atoms with Gasteiger partial charge in [-0.15, -0.1) is 22.0 Å². The quantitative estimate of drug-likeness (QED) is 0.0403. The van der Waals surface area contributed by atoms with Crippen LogP contribution in [0.3, 0.4) is 0 Å². The van der Waals surface area contributed by atoms with Crippen LogP contribution >= 0.6 is 35.3 Å². The first-order chi connectivity index (χ1) is 24.2. The Balaban J connectivity index is 1.21. The lowest BCUT2D eigenvalue weighted by Crippen LogP contribution is -2.00. The molecule has 260 valence electrons. The average molecular weight is 719 g/mol. The van der Waals surface area contributed by atoms with E-state index in [1.165, 1.54) is 101 Å². The molecular formula is C36H46N8O2S3. The van der Waals surface area contributed by atoms with Crippen molar-refractivity contribution in [3.63, 3.8) is 0 Å². The molecule has 0 radical (unpaired) electrons. The van der Waals surface area contributed by atoms with Crippen LogP contribution in [0, 0.1) is 0 Å². The Kier molecular flexibility index (Phi) is 15.1. The number of phenolic OH excluding ortho intramolecular Hbond substituents is 2. The summed E-state index contributed by atoms with van der Waals surface area (Å²) in [5.74, 6) is 0.937. The largest absolute Gasteiger partial charge is 0.507 e. The van der Waals surface area contributed by atoms with Crippen molar-refractivity contribution in [2.24, 2.45) is 0 Å². The molecule has 5 rings (SSSR count). The van der Waals surface area contributed by atoms with Gasteiger partial charge in [-0.3, -0.25) is 0 Å². The number of rotatable bonds is 22. The summed E-state index contributed by atoms with van der Waals surface area (Å²) in [6.07, 6.45) is 18.4. The molecule has 0 amide bonds. The fourth-order valence-electron chi connectivity index (χ4n) is 5.51. The molecule has 13 heteroatoms. The molecule has 5 aromatic rings. The van der Waals surface area contributed by atoms with E-state index in [9.17, 15) is 10.2 Å². The second-order valence-corrected chi connectivity index (χ2v) is 15.1. The lowest BCUT2D eigenvalue weighted by molar-refractivity contribution is 0.423. The van der Waals surface area contributed by atoms with Gasteiger partial charge in [0.05, 0.1) is 26.1 Å². The van der Waals surface area contributed by atoms with Crippen LogP contribution in [0.1, 0.15) is 96.8 Å². The Morgan fingerprint density at radius 2 is 1.02 bits per heavy atom. The topological polar surface area (TPSA) is 128 Å². The first-order valence-corrected chi connectivity index (χ1v) is 20.0. The summed E-state index contributed by atoms with van der Waals surface area (Å²) >= 11 is 3.92. The summed E-state index contributed by atoms with van der Waals surface area (Å²) in [6.45, 7) is 2.27. The fraction of sp³-hybridized carbons (Fsp3) is 0.444. The highest BCUT2D eigenvalue weighted by atomic mass is 32.2. The van der Waals surface area contributed by atoms with Gasteiger partial charge in [0.25, 0.3) is 0 Å². The predicted molar refractivity (Wildman–Crippen MR) is 197 cm³/mol. The zero-order chi connectivity index (χ0) is 34.1. The second-order valence-electron chi connectivity index (χ2n) is 12.0. The molecule has 10 nitrogen and oxygen atoms in total. The lowest BCUT2D eigenvalue weighted by Gasteiger charge is -2.15. The standard InChI is InChI=1S/C36H46N8O2S3/c1-2-3-4-5-6-7-8-9-10-11-12-13-14-21-26-47-31-27-30(45)33(48-35-37-39-41-43(35)28-22-17-15-18-23-28)34(32(31)46)49-36-38-40-42-44(36)29-24-19-16-20-25-29/h15-20,22-25,27,45-46H,2-14,21,26H2,1H3. The summed E-state index contributed by atoms with van der Waals surface area (Å²) in [6, 6.07) is 20.7. The zero-order valence-corrected chi connectivity index (χ0v) is 30.6. The Labute approximate surface area is 301 Å². The smallest absolute Gasteiger partial charge is 0.219 e. The number of thioether (sulfide) groups is 1. The maximum atomic E-state index is 11.7. The SMILES string of the molecule is CCCCCCCCCCCCCCCCSc1cc(O)c(Sc2nnnn2-c2ccccc2)c(Sc2nnnn2-c2ccccc2)c1O. The van der Waals surface area contributed by atoms with Crippen LogP contribution in [-0.4, -0.2) is 56.4 Å². The molecule has 0 saturated carbocycles. The van der Waals surface area contributed by atoms with Gasteiger partial charge < -0.3 is 10.2 Å². The van der Waals surface area contributed by atoms with Gasteiger partial charge in [0.15, 0.2) is 0 Å². The molecule has 0 aliphatic rings. The molecule has 0 atom stereocenters. The summed E-state index contributed by atoms with van der Waals surface area (Å²) in [5.41, 5.74) is 1.56. The molecular weight excluding hydrogens is 673 g/mol. The van der Waals surface area contributed by atoms with Gasteiger partial charge in [-0.05, 0) is 86.9 Å². The molecule has 49 heavy (non-hydrogen) atoms. The third-order valence-electron chi connectivity index (χ3n) is 8.18. The fourth-order valence-corrected chi connectivity index (χ4v) is 8.56. The summed E-state index contributed by atoms with van der Waals surface area (Å²) < 4.78 is 3.21. The molecule has 0 unspecified atom stereocenters. The molecule has 0 aliphatic heterocycles. The van der Waals surface area contributed by atoms with Crippen LogP contribution in [0.4, 0.5) is 0 Å². The van der Waals surface area contributed by atoms with E-state index in [0.717, 1.165) is 30.0 Å². The van der Waals surface area contributed by atoms with E-state index in [4.69, 9.17) is 0 Å². The first-order valence-electron chi connectivity index (χ1n) is 17.4. The number of unbranched alkanes of at least 4 members (excludes halogenated alkanes) is 13. The normalized spacial score (nSPS) is 11.4. The number of para-hydroxylation sites is 2. The van der Waals surface area contributed by atoms with Crippen molar-refractivity contribution >= 4 is 35.3 Å². The minimum Gasteiger partial charge on any atom is -0.507 e. The number of nitrogens with zero attached hydrogens (tertiary/aromatic N) is 8. The van der Waals surface area contributed by atoms with Gasteiger partial charge in [-0.25, -0.2) is 0 Å². The van der Waals surface area contributed by atoms with Crippen molar-refractivity contribution in [2.75, 3.05) is 5.75 Å². The molecule has 0 fully saturated rings. The minimum atomic E-state index is 0.0232. The Morgan fingerprint density at radius 1 is 0.571 bits per heavy atom. The van der Waals surface area contributed by atoms with E-state index in [0.29, 0.717) is 25.0 Å². The monoisotopic (exact) mass is 718 g/mol. The van der Waals surface area contributed by atoms with E-state index in [-0.39, 0.29) is 11.5 Å². The predicted octanol–water partition coefficient (Wildman–Crippen LogP) is 9.92. The van der Waals surface area contributed by atoms with Crippen LogP contribution in [-0.2, 0) is 0 Å². The van der Waals surface area contributed by atoms with Crippen LogP contribution in [0.2, 0.25) is 0 Å². The first kappa shape index (κ1) is 36.7. The molecule has 2 aromatic heterocycles. The number of hydrogen-bond donors (Lipinski definition) is 2. The van der Waals surface area contributed by atoms with Crippen molar-refractivity contribution in [1.82, 2.24) is 40.4 Å². The third kappa shape index (κ3) is 11.0. The van der Waals surface area contributed by atoms with Gasteiger partial charge in [0, 0.05) is 0 Å². The molecule has 0 aliphatic carbocycles. The van der Waals surface area contributed by atoms with E-state index in [2.05, 4.69) is 38.0 Å². The van der Waals surface area contributed by atoms with Crippen molar-refractivity contribution in [2.45, 2.75) is 122 Å². The van der Waals surface area contributed by atoms with Crippen LogP contribution < -0.4 is 0 Å². The third-order valence-corrected chi connectivity index (χ3v) is 11.5. The summed E-state index contributed by atoms with van der Waals surface area (Å²) in [7, 11) is 0. The van der Waals surface area contributed by atoms with Crippen molar-refractivity contribution in [3.8, 4) is 22.9 Å². The summed E-state index contributed by atoms with van der Waals surface area (Å²) in [5, 5.41) is 48.6. The number of aromatic nitrogens is 8. The molecule has 0 saturated heterocycles. The second kappa shape index (κ2) is 20.2. The van der Waals surface area contributed by atoms with Gasteiger partial charge in [-0.2, -0.15) is 9.36 Å². The highest BCUT2D eigenvalue weighted by Crippen LogP contribution is 2.51. The van der Waals surface area contributed by atoms with E-state index in [1.807, 2.05) is 60.7 Å². The highest BCUT2D eigenvalue weighted by molar-refractivity contribution is 8.02. The zero-order valence-electron chi connectivity index (χ0n) is 28.2. The molecule has 2 N–H and O–H groups in total. The number of benzene rings is 3. The van der Waals surface area contributed by atoms with Crippen molar-refractivity contribution < 1.29 is 10.2 Å². The Bertz CT molecular complexity index is 1680. The molecule has 3 aromatic carbocycles. The van der Waals surface area contributed by atoms with Gasteiger partial charge >= 0.3 is 0 Å². The molecule has 2 heterocycles. The molecule has 0 spiro atoms. The highest BCUT2D eigenvalue weighted by Gasteiger charge is 2.25. The van der Waals surface area contributed by atoms with Gasteiger partial charge in [-0.1, -0.05) is 127 Å². The van der Waals surface area contributed by atoms with Crippen molar-refractivity contribution in [1.29, 1.82) is 0 Å². The minimum absolute atomic E-state index is 0.0232. The number of phenols is 2. The van der Waals surface area contributed by atoms with Crippen molar-refractivity contribution in [3.05, 3.63) is 66.7 Å². The number of hydrogen-bond acceptors (Lipinski definition) is 11. The van der Waals surface area contributed by atoms with Crippen LogP contribution in [0.15, 0.2) is 91.7 Å². The van der Waals surface area contributed by atoms with Gasteiger partial charge in [0.1, 0.15) is 11.5 Å². The van der Waals surface area contributed by atoms with Gasteiger partial charge in [0.2, 0.25) is 10.3 Å². The van der Waals surface area contributed by atoms with Crippen LogP contribution in [0.25, 0.3) is 11.4 Å². The van der Waals surface area contributed by atoms with Crippen LogP contribution in [0.5, 0.6) is 11.5 Å². The number of aromatic hydroxyl groups is 2. The van der Waals surface area contributed by atoms with E-state index >= 15 is 0 Å². The van der Waals surface area contributed by atoms with E-state index < -0.39 is 0 Å². The maximum absolute atomic E-state index is 11.7. The summed E-state index contributed by atoms with van der Waals surface area (Å²) in [4.78, 5) is 1.46.